The van der Waals surface area contributed by atoms with Crippen LogP contribution in [0.4, 0.5) is 11.6 Å². The van der Waals surface area contributed by atoms with Gasteiger partial charge in [0.15, 0.2) is 0 Å². The molecule has 0 radical (unpaired) electrons. The number of pyridine rings is 2. The fraction of sp³-hybridized carbons (Fsp3) is 0.316. The van der Waals surface area contributed by atoms with Crippen LogP contribution in [-0.2, 0) is 6.54 Å². The van der Waals surface area contributed by atoms with E-state index in [4.69, 9.17) is 0 Å². The van der Waals surface area contributed by atoms with Crippen molar-refractivity contribution in [2.75, 3.05) is 11.9 Å². The van der Waals surface area contributed by atoms with E-state index in [1.54, 1.807) is 11.3 Å². The average molecular weight is 351 g/mol. The molecule has 1 atom stereocenters. The molecule has 1 aliphatic rings. The molecule has 1 fully saturated rings. The Labute approximate surface area is 151 Å². The van der Waals surface area contributed by atoms with Crippen LogP contribution in [0.15, 0.2) is 47.4 Å². The highest BCUT2D eigenvalue weighted by molar-refractivity contribution is 7.07. The highest BCUT2D eigenvalue weighted by Gasteiger charge is 2.26. The first kappa shape index (κ1) is 16.2. The lowest BCUT2D eigenvalue weighted by Gasteiger charge is -2.24. The third kappa shape index (κ3) is 3.86. The van der Waals surface area contributed by atoms with Crippen molar-refractivity contribution in [3.63, 3.8) is 0 Å². The summed E-state index contributed by atoms with van der Waals surface area (Å²) in [6, 6.07) is 10.7. The SMILES string of the molecule is Cc1cccc(Nc2cc(C3CCCN3Cc3cscn3)ccn2)n1. The molecule has 128 valence electrons. The van der Waals surface area contributed by atoms with Crippen molar-refractivity contribution in [1.82, 2.24) is 19.9 Å². The summed E-state index contributed by atoms with van der Waals surface area (Å²) >= 11 is 1.66. The minimum Gasteiger partial charge on any atom is -0.325 e. The number of hydrogen-bond acceptors (Lipinski definition) is 6. The van der Waals surface area contributed by atoms with Gasteiger partial charge in [-0.15, -0.1) is 11.3 Å². The van der Waals surface area contributed by atoms with Gasteiger partial charge in [0.05, 0.1) is 11.2 Å². The number of thiazole rings is 1. The molecule has 25 heavy (non-hydrogen) atoms. The number of hydrogen-bond donors (Lipinski definition) is 1. The van der Waals surface area contributed by atoms with E-state index in [0.717, 1.165) is 36.1 Å². The van der Waals surface area contributed by atoms with Crippen LogP contribution in [0.2, 0.25) is 0 Å². The maximum absolute atomic E-state index is 4.49. The smallest absolute Gasteiger partial charge is 0.131 e. The van der Waals surface area contributed by atoms with Crippen molar-refractivity contribution in [3.05, 3.63) is 64.4 Å². The Morgan fingerprint density at radius 1 is 1.24 bits per heavy atom. The summed E-state index contributed by atoms with van der Waals surface area (Å²) in [7, 11) is 0. The fourth-order valence-corrected chi connectivity index (χ4v) is 3.93. The van der Waals surface area contributed by atoms with E-state index in [2.05, 4.69) is 42.7 Å². The number of likely N-dealkylation sites (tertiary alicyclic amines) is 1. The van der Waals surface area contributed by atoms with Gasteiger partial charge in [-0.25, -0.2) is 15.0 Å². The van der Waals surface area contributed by atoms with Crippen molar-refractivity contribution < 1.29 is 0 Å². The number of aryl methyl sites for hydroxylation is 1. The van der Waals surface area contributed by atoms with Gasteiger partial charge >= 0.3 is 0 Å². The molecular formula is C19H21N5S. The van der Waals surface area contributed by atoms with E-state index in [-0.39, 0.29) is 0 Å². The second-order valence-corrected chi connectivity index (χ2v) is 7.09. The van der Waals surface area contributed by atoms with Crippen molar-refractivity contribution in [2.45, 2.75) is 32.4 Å². The second-order valence-electron chi connectivity index (χ2n) is 6.37. The highest BCUT2D eigenvalue weighted by atomic mass is 32.1. The molecule has 4 heterocycles. The van der Waals surface area contributed by atoms with E-state index in [1.807, 2.05) is 36.8 Å². The third-order valence-electron chi connectivity index (χ3n) is 4.53. The number of nitrogens with zero attached hydrogens (tertiary/aromatic N) is 4. The van der Waals surface area contributed by atoms with Crippen LogP contribution in [0.25, 0.3) is 0 Å². The van der Waals surface area contributed by atoms with Crippen LogP contribution in [-0.4, -0.2) is 26.4 Å². The van der Waals surface area contributed by atoms with Gasteiger partial charge in [0, 0.05) is 29.9 Å². The monoisotopic (exact) mass is 351 g/mol. The molecule has 5 nitrogen and oxygen atoms in total. The predicted octanol–water partition coefficient (Wildman–Crippen LogP) is 4.32. The lowest BCUT2D eigenvalue weighted by Crippen LogP contribution is -2.23. The van der Waals surface area contributed by atoms with Crippen molar-refractivity contribution in [1.29, 1.82) is 0 Å². The number of anilines is 2. The molecule has 3 aromatic rings. The Balaban J connectivity index is 1.52. The zero-order valence-electron chi connectivity index (χ0n) is 14.2. The molecule has 4 rings (SSSR count). The van der Waals surface area contributed by atoms with Gasteiger partial charge in [0.2, 0.25) is 0 Å². The Morgan fingerprint density at radius 3 is 3.04 bits per heavy atom. The van der Waals surface area contributed by atoms with Crippen molar-refractivity contribution >= 4 is 23.0 Å². The molecule has 0 bridgehead atoms. The lowest BCUT2D eigenvalue weighted by molar-refractivity contribution is 0.246. The first-order valence-electron chi connectivity index (χ1n) is 8.56. The second kappa shape index (κ2) is 7.29. The standard InChI is InChI=1S/C19H21N5S/c1-14-4-2-6-18(22-14)23-19-10-15(7-8-20-19)17-5-3-9-24(17)11-16-12-25-13-21-16/h2,4,6-8,10,12-13,17H,3,5,9,11H2,1H3,(H,20,22,23). The molecule has 3 aromatic heterocycles. The average Bonchev–Trinajstić information content (AvgIpc) is 3.27. The van der Waals surface area contributed by atoms with Crippen molar-refractivity contribution in [2.24, 2.45) is 0 Å². The molecule has 6 heteroatoms. The summed E-state index contributed by atoms with van der Waals surface area (Å²) in [6.07, 6.45) is 4.28. The molecule has 1 aliphatic heterocycles. The normalized spacial score (nSPS) is 17.7. The molecule has 0 aliphatic carbocycles. The zero-order valence-corrected chi connectivity index (χ0v) is 15.0. The molecule has 0 amide bonds. The van der Waals surface area contributed by atoms with E-state index >= 15 is 0 Å². The fourth-order valence-electron chi connectivity index (χ4n) is 3.38. The number of nitrogens with one attached hydrogen (secondary N) is 1. The van der Waals surface area contributed by atoms with Gasteiger partial charge < -0.3 is 5.32 Å². The molecule has 0 saturated carbocycles. The summed E-state index contributed by atoms with van der Waals surface area (Å²) in [5.74, 6) is 1.67. The van der Waals surface area contributed by atoms with Crippen LogP contribution in [0.1, 0.15) is 35.8 Å². The molecule has 0 spiro atoms. The Morgan fingerprint density at radius 2 is 2.20 bits per heavy atom. The topological polar surface area (TPSA) is 53.9 Å². The van der Waals surface area contributed by atoms with Crippen LogP contribution < -0.4 is 5.32 Å². The van der Waals surface area contributed by atoms with Gasteiger partial charge in [-0.2, -0.15) is 0 Å². The summed E-state index contributed by atoms with van der Waals surface area (Å²) in [6.45, 7) is 4.02. The zero-order chi connectivity index (χ0) is 17.1. The minimum absolute atomic E-state index is 0.427. The molecule has 1 unspecified atom stereocenters. The van der Waals surface area contributed by atoms with E-state index in [0.29, 0.717) is 6.04 Å². The maximum Gasteiger partial charge on any atom is 0.131 e. The summed E-state index contributed by atoms with van der Waals surface area (Å²) < 4.78 is 0. The molecule has 0 aromatic carbocycles. The van der Waals surface area contributed by atoms with Gasteiger partial charge in [-0.05, 0) is 56.1 Å². The largest absolute Gasteiger partial charge is 0.325 e. The van der Waals surface area contributed by atoms with Gasteiger partial charge in [0.25, 0.3) is 0 Å². The predicted molar refractivity (Wildman–Crippen MR) is 101 cm³/mol. The van der Waals surface area contributed by atoms with Crippen LogP contribution in [0, 0.1) is 6.92 Å². The van der Waals surface area contributed by atoms with E-state index < -0.39 is 0 Å². The maximum atomic E-state index is 4.49. The summed E-state index contributed by atoms with van der Waals surface area (Å²) in [5, 5.41) is 5.45. The number of aromatic nitrogens is 3. The number of rotatable bonds is 5. The summed E-state index contributed by atoms with van der Waals surface area (Å²) in [4.78, 5) is 15.9. The Bertz CT molecular complexity index is 833. The third-order valence-corrected chi connectivity index (χ3v) is 5.16. The Kier molecular flexibility index (Phi) is 4.72. The highest BCUT2D eigenvalue weighted by Crippen LogP contribution is 2.33. The van der Waals surface area contributed by atoms with E-state index in [1.165, 1.54) is 18.4 Å². The quantitative estimate of drug-likeness (QED) is 0.742. The van der Waals surface area contributed by atoms with Crippen LogP contribution >= 0.6 is 11.3 Å². The van der Waals surface area contributed by atoms with Gasteiger partial charge in [-0.3, -0.25) is 4.90 Å². The van der Waals surface area contributed by atoms with Crippen molar-refractivity contribution in [3.8, 4) is 0 Å². The van der Waals surface area contributed by atoms with Crippen LogP contribution in [0.5, 0.6) is 0 Å². The molecule has 1 N–H and O–H groups in total. The Hall–Kier alpha value is -2.31. The molecule has 1 saturated heterocycles. The lowest BCUT2D eigenvalue weighted by atomic mass is 10.1. The van der Waals surface area contributed by atoms with E-state index in [9.17, 15) is 0 Å². The van der Waals surface area contributed by atoms with Gasteiger partial charge in [0.1, 0.15) is 11.6 Å². The first-order valence-corrected chi connectivity index (χ1v) is 9.50. The minimum atomic E-state index is 0.427. The summed E-state index contributed by atoms with van der Waals surface area (Å²) in [5.41, 5.74) is 5.36. The molecular weight excluding hydrogens is 330 g/mol. The van der Waals surface area contributed by atoms with Gasteiger partial charge in [-0.1, -0.05) is 6.07 Å². The van der Waals surface area contributed by atoms with Crippen LogP contribution in [0.3, 0.4) is 0 Å². The first-order chi connectivity index (χ1) is 12.3.